The third-order valence-corrected chi connectivity index (χ3v) is 5.90. The maximum Gasteiger partial charge on any atom is 0.308 e. The van der Waals surface area contributed by atoms with E-state index in [1.807, 2.05) is 4.90 Å². The summed E-state index contributed by atoms with van der Waals surface area (Å²) in [6.45, 7) is 2.57. The number of hydrogen-bond acceptors (Lipinski definition) is 3. The Kier molecular flexibility index (Phi) is 5.41. The number of likely N-dealkylation sites (tertiary alicyclic amines) is 2. The van der Waals surface area contributed by atoms with Crippen molar-refractivity contribution in [2.24, 2.45) is 17.8 Å². The van der Waals surface area contributed by atoms with Gasteiger partial charge in [-0.3, -0.25) is 14.4 Å². The molecule has 0 aromatic carbocycles. The molecule has 0 radical (unpaired) electrons. The summed E-state index contributed by atoms with van der Waals surface area (Å²) in [5.41, 5.74) is 0. The van der Waals surface area contributed by atoms with Gasteiger partial charge < -0.3 is 14.9 Å². The summed E-state index contributed by atoms with van der Waals surface area (Å²) in [5, 5.41) is 9.23. The molecular formula is C18H28N2O4. The molecule has 24 heavy (non-hydrogen) atoms. The van der Waals surface area contributed by atoms with Gasteiger partial charge in [0.15, 0.2) is 0 Å². The van der Waals surface area contributed by atoms with E-state index in [9.17, 15) is 19.5 Å². The molecule has 3 rings (SSSR count). The highest BCUT2D eigenvalue weighted by Crippen LogP contribution is 2.34. The highest BCUT2D eigenvalue weighted by Gasteiger charge is 2.41. The van der Waals surface area contributed by atoms with Gasteiger partial charge in [-0.25, -0.2) is 0 Å². The number of piperidine rings is 1. The van der Waals surface area contributed by atoms with E-state index in [4.69, 9.17) is 0 Å². The van der Waals surface area contributed by atoms with E-state index in [1.54, 1.807) is 4.90 Å². The first-order valence-electron chi connectivity index (χ1n) is 9.38. The topological polar surface area (TPSA) is 77.9 Å². The molecule has 134 valence electrons. The van der Waals surface area contributed by atoms with Crippen LogP contribution in [0.25, 0.3) is 0 Å². The number of carboxylic acids is 1. The Labute approximate surface area is 143 Å². The molecule has 2 aliphatic heterocycles. The van der Waals surface area contributed by atoms with Crippen LogP contribution in [-0.4, -0.2) is 58.9 Å². The van der Waals surface area contributed by atoms with Crippen molar-refractivity contribution < 1.29 is 19.5 Å². The number of carbonyl (C=O) groups is 3. The summed E-state index contributed by atoms with van der Waals surface area (Å²) in [7, 11) is 0. The Hall–Kier alpha value is -1.59. The summed E-state index contributed by atoms with van der Waals surface area (Å²) in [6, 6.07) is 0. The fraction of sp³-hybridized carbons (Fsp3) is 0.833. The summed E-state index contributed by atoms with van der Waals surface area (Å²) < 4.78 is 0. The first-order valence-corrected chi connectivity index (χ1v) is 9.38. The standard InChI is InChI=1S/C18H28N2O4/c21-16(19-9-3-4-10-19)14-7-1-2-8-15(14)17(22)20-11-5-6-13(12-20)18(23)24/h13-15H,1-12H2,(H,23,24). The molecule has 3 fully saturated rings. The third kappa shape index (κ3) is 3.57. The normalized spacial score (nSPS) is 31.1. The minimum absolute atomic E-state index is 0.0122. The van der Waals surface area contributed by atoms with Gasteiger partial charge in [0.2, 0.25) is 11.8 Å². The third-order valence-electron chi connectivity index (χ3n) is 5.90. The number of hydrogen-bond donors (Lipinski definition) is 1. The summed E-state index contributed by atoms with van der Waals surface area (Å²) in [4.78, 5) is 40.7. The van der Waals surface area contributed by atoms with E-state index in [1.165, 1.54) is 0 Å². The van der Waals surface area contributed by atoms with Gasteiger partial charge in [0.05, 0.1) is 5.92 Å². The molecule has 3 unspecified atom stereocenters. The van der Waals surface area contributed by atoms with E-state index >= 15 is 0 Å². The first-order chi connectivity index (χ1) is 11.6. The summed E-state index contributed by atoms with van der Waals surface area (Å²) in [6.07, 6.45) is 7.04. The van der Waals surface area contributed by atoms with Gasteiger partial charge in [0.25, 0.3) is 0 Å². The minimum Gasteiger partial charge on any atom is -0.481 e. The predicted molar refractivity (Wildman–Crippen MR) is 88.2 cm³/mol. The minimum atomic E-state index is -0.819. The highest BCUT2D eigenvalue weighted by atomic mass is 16.4. The van der Waals surface area contributed by atoms with E-state index in [0.717, 1.165) is 58.0 Å². The SMILES string of the molecule is O=C(O)C1CCCN(C(=O)C2CCCCC2C(=O)N2CCCC2)C1. The number of nitrogens with zero attached hydrogens (tertiary/aromatic N) is 2. The monoisotopic (exact) mass is 336 g/mol. The first kappa shape index (κ1) is 17.2. The van der Waals surface area contributed by atoms with Crippen LogP contribution in [0, 0.1) is 17.8 Å². The van der Waals surface area contributed by atoms with Crippen LogP contribution in [0.4, 0.5) is 0 Å². The van der Waals surface area contributed by atoms with Crippen LogP contribution in [0.1, 0.15) is 51.4 Å². The number of carboxylic acid groups (broad SMARTS) is 1. The van der Waals surface area contributed by atoms with Gasteiger partial charge in [-0.2, -0.15) is 0 Å². The van der Waals surface area contributed by atoms with Crippen LogP contribution < -0.4 is 0 Å². The Balaban J connectivity index is 1.68. The zero-order valence-electron chi connectivity index (χ0n) is 14.3. The fourth-order valence-electron chi connectivity index (χ4n) is 4.51. The van der Waals surface area contributed by atoms with E-state index in [-0.39, 0.29) is 23.7 Å². The van der Waals surface area contributed by atoms with Crippen LogP contribution >= 0.6 is 0 Å². The van der Waals surface area contributed by atoms with Crippen molar-refractivity contribution in [2.45, 2.75) is 51.4 Å². The lowest BCUT2D eigenvalue weighted by Gasteiger charge is -2.38. The smallest absolute Gasteiger partial charge is 0.308 e. The second-order valence-electron chi connectivity index (χ2n) is 7.49. The van der Waals surface area contributed by atoms with Gasteiger partial charge in [0, 0.05) is 38.0 Å². The van der Waals surface area contributed by atoms with E-state index < -0.39 is 11.9 Å². The zero-order chi connectivity index (χ0) is 17.1. The molecule has 0 bridgehead atoms. The van der Waals surface area contributed by atoms with Gasteiger partial charge >= 0.3 is 5.97 Å². The van der Waals surface area contributed by atoms with Gasteiger partial charge in [-0.1, -0.05) is 12.8 Å². The highest BCUT2D eigenvalue weighted by molar-refractivity contribution is 5.88. The van der Waals surface area contributed by atoms with Crippen LogP contribution in [-0.2, 0) is 14.4 Å². The number of carbonyl (C=O) groups excluding carboxylic acids is 2. The van der Waals surface area contributed by atoms with Crippen molar-refractivity contribution in [1.29, 1.82) is 0 Å². The average Bonchev–Trinajstić information content (AvgIpc) is 3.15. The summed E-state index contributed by atoms with van der Waals surface area (Å²) in [5.74, 6) is -1.57. The van der Waals surface area contributed by atoms with Gasteiger partial charge in [-0.05, 0) is 38.5 Å². The molecule has 3 aliphatic rings. The number of rotatable bonds is 3. The van der Waals surface area contributed by atoms with E-state index in [2.05, 4.69) is 0 Å². The maximum absolute atomic E-state index is 13.0. The van der Waals surface area contributed by atoms with Crippen LogP contribution in [0.3, 0.4) is 0 Å². The van der Waals surface area contributed by atoms with Crippen molar-refractivity contribution in [2.75, 3.05) is 26.2 Å². The molecule has 3 atom stereocenters. The molecule has 6 nitrogen and oxygen atoms in total. The Bertz CT molecular complexity index is 501. The van der Waals surface area contributed by atoms with Crippen LogP contribution in [0.15, 0.2) is 0 Å². The van der Waals surface area contributed by atoms with Gasteiger partial charge in [-0.15, -0.1) is 0 Å². The average molecular weight is 336 g/mol. The number of aliphatic carboxylic acids is 1. The lowest BCUT2D eigenvalue weighted by molar-refractivity contribution is -0.152. The Morgan fingerprint density at radius 1 is 0.708 bits per heavy atom. The fourth-order valence-corrected chi connectivity index (χ4v) is 4.51. The molecule has 0 aromatic rings. The molecule has 6 heteroatoms. The molecule has 1 saturated carbocycles. The lowest BCUT2D eigenvalue weighted by Crippen LogP contribution is -2.49. The maximum atomic E-state index is 13.0. The quantitative estimate of drug-likeness (QED) is 0.851. The zero-order valence-corrected chi connectivity index (χ0v) is 14.3. The molecule has 2 saturated heterocycles. The second kappa shape index (κ2) is 7.53. The van der Waals surface area contributed by atoms with Crippen LogP contribution in [0.5, 0.6) is 0 Å². The largest absolute Gasteiger partial charge is 0.481 e. The van der Waals surface area contributed by atoms with Crippen molar-refractivity contribution >= 4 is 17.8 Å². The summed E-state index contributed by atoms with van der Waals surface area (Å²) >= 11 is 0. The van der Waals surface area contributed by atoms with Gasteiger partial charge in [0.1, 0.15) is 0 Å². The molecule has 1 aliphatic carbocycles. The molecule has 2 heterocycles. The molecule has 0 aromatic heterocycles. The predicted octanol–water partition coefficient (Wildman–Crippen LogP) is 1.74. The molecule has 1 N–H and O–H groups in total. The molecular weight excluding hydrogens is 308 g/mol. The van der Waals surface area contributed by atoms with Crippen molar-refractivity contribution in [1.82, 2.24) is 9.80 Å². The second-order valence-corrected chi connectivity index (χ2v) is 7.49. The number of amides is 2. The van der Waals surface area contributed by atoms with Crippen molar-refractivity contribution in [3.63, 3.8) is 0 Å². The lowest BCUT2D eigenvalue weighted by atomic mass is 9.77. The van der Waals surface area contributed by atoms with Crippen LogP contribution in [0.2, 0.25) is 0 Å². The molecule has 0 spiro atoms. The Morgan fingerprint density at radius 2 is 1.25 bits per heavy atom. The molecule has 2 amide bonds. The van der Waals surface area contributed by atoms with Crippen molar-refractivity contribution in [3.05, 3.63) is 0 Å². The van der Waals surface area contributed by atoms with Crippen molar-refractivity contribution in [3.8, 4) is 0 Å². The Morgan fingerprint density at radius 3 is 1.83 bits per heavy atom. The van der Waals surface area contributed by atoms with E-state index in [0.29, 0.717) is 19.5 Å².